The second-order valence-corrected chi connectivity index (χ2v) is 5.07. The average molecular weight is 354 g/mol. The Kier molecular flexibility index (Phi) is 10.1. The van der Waals surface area contributed by atoms with Crippen molar-refractivity contribution in [3.63, 3.8) is 0 Å². The van der Waals surface area contributed by atoms with Gasteiger partial charge in [0.1, 0.15) is 6.10 Å². The number of hydrogen-bond acceptors (Lipinski definition) is 4. The van der Waals surface area contributed by atoms with Crippen molar-refractivity contribution in [2.45, 2.75) is 57.0 Å². The Labute approximate surface area is 140 Å². The van der Waals surface area contributed by atoms with Crippen LogP contribution < -0.4 is 29.6 Å². The molecule has 122 valence electrons. The third-order valence-electron chi connectivity index (χ3n) is 2.38. The fraction of sp³-hybridized carbons (Fsp3) is 1.00. The molecule has 0 saturated heterocycles. The first kappa shape index (κ1) is 23.7. The smallest absolute Gasteiger partial charge is 0.726 e. The van der Waals surface area contributed by atoms with E-state index in [9.17, 15) is 39.3 Å². The second kappa shape index (κ2) is 8.92. The minimum Gasteiger partial charge on any atom is -0.726 e. The van der Waals surface area contributed by atoms with Gasteiger partial charge in [-0.2, -0.15) is 22.0 Å². The quantitative estimate of drug-likeness (QED) is 0.202. The molecule has 0 aliphatic rings. The molecule has 4 nitrogen and oxygen atoms in total. The Bertz CT molecular complexity index is 400. The maximum Gasteiger partial charge on any atom is 1.00 e. The summed E-state index contributed by atoms with van der Waals surface area (Å²) in [5.41, 5.74) is 0. The molecule has 2 atom stereocenters. The number of hydrogen-bond donors (Lipinski definition) is 0. The SMILES string of the molecule is CCCCCC(OS(=O)(=O)[O-])C(F)C(F)(F)C(F)(F)F.[Na+]. The van der Waals surface area contributed by atoms with Crippen LogP contribution in [-0.2, 0) is 14.6 Å². The standard InChI is InChI=1S/C9H14F6O4S.Na/c1-2-3-4-5-6(19-20(16,17)18)7(10)8(11,12)9(13,14)15;/h6-7H,2-5H2,1H3,(H,16,17,18);/q;+1/p-1. The molecular formula is C9H13F6NaO4S. The van der Waals surface area contributed by atoms with Gasteiger partial charge in [0.25, 0.3) is 0 Å². The molecule has 0 aliphatic carbocycles. The van der Waals surface area contributed by atoms with Crippen LogP contribution in [-0.4, -0.2) is 37.3 Å². The van der Waals surface area contributed by atoms with Gasteiger partial charge in [0, 0.05) is 0 Å². The molecule has 0 heterocycles. The second-order valence-electron chi connectivity index (χ2n) is 4.06. The molecule has 12 heteroatoms. The van der Waals surface area contributed by atoms with Crippen LogP contribution in [0.3, 0.4) is 0 Å². The number of unbranched alkanes of at least 4 members (excludes halogenated alkanes) is 2. The number of halogens is 6. The van der Waals surface area contributed by atoms with Crippen molar-refractivity contribution in [3.8, 4) is 0 Å². The normalized spacial score (nSPS) is 16.2. The molecule has 0 saturated carbocycles. The van der Waals surface area contributed by atoms with Crippen molar-refractivity contribution < 1.29 is 73.1 Å². The van der Waals surface area contributed by atoms with Crippen LogP contribution in [0.2, 0.25) is 0 Å². The van der Waals surface area contributed by atoms with Crippen LogP contribution in [0.1, 0.15) is 32.6 Å². The average Bonchev–Trinajstić information content (AvgIpc) is 2.23. The molecular weight excluding hydrogens is 341 g/mol. The minimum atomic E-state index is -6.22. The number of alkyl halides is 6. The molecule has 0 amide bonds. The van der Waals surface area contributed by atoms with E-state index in [1.807, 2.05) is 0 Å². The Morgan fingerprint density at radius 1 is 1.14 bits per heavy atom. The Morgan fingerprint density at radius 3 is 1.95 bits per heavy atom. The zero-order valence-electron chi connectivity index (χ0n) is 11.3. The summed E-state index contributed by atoms with van der Waals surface area (Å²) in [6.07, 6.45) is -12.9. The maximum absolute atomic E-state index is 13.3. The molecule has 0 aromatic heterocycles. The first-order valence-corrected chi connectivity index (χ1v) is 6.89. The van der Waals surface area contributed by atoms with Crippen LogP contribution in [0.25, 0.3) is 0 Å². The molecule has 0 aliphatic heterocycles. The molecule has 0 spiro atoms. The summed E-state index contributed by atoms with van der Waals surface area (Å²) in [4.78, 5) is 0. The molecule has 0 rings (SSSR count). The van der Waals surface area contributed by atoms with E-state index < -0.39 is 41.2 Å². The first-order valence-electron chi connectivity index (χ1n) is 5.55. The summed E-state index contributed by atoms with van der Waals surface area (Å²) in [7, 11) is -5.60. The monoisotopic (exact) mass is 354 g/mol. The van der Waals surface area contributed by atoms with Gasteiger partial charge in [0.2, 0.25) is 16.6 Å². The van der Waals surface area contributed by atoms with Gasteiger partial charge in [-0.15, -0.1) is 0 Å². The summed E-state index contributed by atoms with van der Waals surface area (Å²) < 4.78 is 109. The first-order chi connectivity index (χ1) is 8.83. The Morgan fingerprint density at radius 2 is 1.62 bits per heavy atom. The van der Waals surface area contributed by atoms with E-state index in [0.717, 1.165) is 0 Å². The Hall–Kier alpha value is 0.450. The fourth-order valence-corrected chi connectivity index (χ4v) is 1.88. The largest absolute Gasteiger partial charge is 1.00 e. The van der Waals surface area contributed by atoms with E-state index in [1.165, 1.54) is 0 Å². The van der Waals surface area contributed by atoms with Crippen LogP contribution in [0.4, 0.5) is 26.3 Å². The predicted molar refractivity (Wildman–Crippen MR) is 54.6 cm³/mol. The van der Waals surface area contributed by atoms with Crippen molar-refractivity contribution in [3.05, 3.63) is 0 Å². The van der Waals surface area contributed by atoms with E-state index in [0.29, 0.717) is 12.8 Å². The molecule has 0 aromatic carbocycles. The Balaban J connectivity index is 0. The van der Waals surface area contributed by atoms with E-state index >= 15 is 0 Å². The van der Waals surface area contributed by atoms with E-state index in [1.54, 1.807) is 6.92 Å². The van der Waals surface area contributed by atoms with E-state index in [2.05, 4.69) is 4.18 Å². The summed E-state index contributed by atoms with van der Waals surface area (Å²) in [5, 5.41) is 0. The third-order valence-corrected chi connectivity index (χ3v) is 2.87. The van der Waals surface area contributed by atoms with Crippen molar-refractivity contribution in [2.75, 3.05) is 0 Å². The topological polar surface area (TPSA) is 66.4 Å². The van der Waals surface area contributed by atoms with Crippen LogP contribution >= 0.6 is 0 Å². The molecule has 0 N–H and O–H groups in total. The number of rotatable bonds is 8. The van der Waals surface area contributed by atoms with Gasteiger partial charge in [0.05, 0.1) is 0 Å². The summed E-state index contributed by atoms with van der Waals surface area (Å²) in [5.74, 6) is -5.81. The van der Waals surface area contributed by atoms with Gasteiger partial charge in [-0.1, -0.05) is 26.2 Å². The summed E-state index contributed by atoms with van der Waals surface area (Å²) >= 11 is 0. The van der Waals surface area contributed by atoms with Crippen molar-refractivity contribution >= 4 is 10.4 Å². The van der Waals surface area contributed by atoms with Crippen LogP contribution in [0, 0.1) is 0 Å². The zero-order chi connectivity index (χ0) is 16.2. The molecule has 0 radical (unpaired) electrons. The van der Waals surface area contributed by atoms with Gasteiger partial charge < -0.3 is 4.55 Å². The third kappa shape index (κ3) is 8.03. The zero-order valence-corrected chi connectivity index (χ0v) is 14.1. The minimum absolute atomic E-state index is 0. The fourth-order valence-electron chi connectivity index (χ4n) is 1.38. The van der Waals surface area contributed by atoms with Gasteiger partial charge in [0.15, 0.2) is 0 Å². The van der Waals surface area contributed by atoms with Crippen molar-refractivity contribution in [2.24, 2.45) is 0 Å². The maximum atomic E-state index is 13.3. The predicted octanol–water partition coefficient (Wildman–Crippen LogP) is -0.0482. The summed E-state index contributed by atoms with van der Waals surface area (Å²) in [6, 6.07) is 0. The molecule has 21 heavy (non-hydrogen) atoms. The molecule has 0 aromatic rings. The van der Waals surface area contributed by atoms with Crippen molar-refractivity contribution in [1.82, 2.24) is 0 Å². The van der Waals surface area contributed by atoms with Gasteiger partial charge in [-0.3, -0.25) is 4.18 Å². The van der Waals surface area contributed by atoms with Gasteiger partial charge >= 0.3 is 41.7 Å². The van der Waals surface area contributed by atoms with Gasteiger partial charge in [-0.25, -0.2) is 12.8 Å². The molecule has 0 bridgehead atoms. The van der Waals surface area contributed by atoms with Crippen LogP contribution in [0.5, 0.6) is 0 Å². The van der Waals surface area contributed by atoms with Crippen LogP contribution in [0.15, 0.2) is 0 Å². The van der Waals surface area contributed by atoms with E-state index in [4.69, 9.17) is 0 Å². The summed E-state index contributed by atoms with van der Waals surface area (Å²) in [6.45, 7) is 1.66. The van der Waals surface area contributed by atoms with Crippen molar-refractivity contribution in [1.29, 1.82) is 0 Å². The molecule has 0 fully saturated rings. The molecule has 2 unspecified atom stereocenters. The van der Waals surface area contributed by atoms with E-state index in [-0.39, 0.29) is 36.0 Å². The van der Waals surface area contributed by atoms with Gasteiger partial charge in [-0.05, 0) is 6.42 Å².